The third kappa shape index (κ3) is 2.72. The van der Waals surface area contributed by atoms with Crippen LogP contribution >= 0.6 is 0 Å². The van der Waals surface area contributed by atoms with Crippen molar-refractivity contribution in [2.75, 3.05) is 20.1 Å². The molecule has 0 fully saturated rings. The summed E-state index contributed by atoms with van der Waals surface area (Å²) in [4.78, 5) is 2.50. The number of furan rings is 1. The average Bonchev–Trinajstić information content (AvgIpc) is 2.85. The number of likely N-dealkylation sites (N-methyl/N-ethyl adjacent to an activating group) is 2. The second kappa shape index (κ2) is 6.22. The van der Waals surface area contributed by atoms with Crippen LogP contribution in [0.3, 0.4) is 0 Å². The molecule has 0 aromatic carbocycles. The molecule has 0 aliphatic rings. The van der Waals surface area contributed by atoms with Gasteiger partial charge in [-0.1, -0.05) is 20.8 Å². The minimum Gasteiger partial charge on any atom is -0.468 e. The van der Waals surface area contributed by atoms with E-state index in [9.17, 15) is 0 Å². The zero-order valence-corrected chi connectivity index (χ0v) is 11.8. The molecule has 1 rings (SSSR count). The van der Waals surface area contributed by atoms with E-state index in [4.69, 9.17) is 4.42 Å². The fraction of sp³-hybridized carbons (Fsp3) is 0.714. The molecule has 0 radical (unpaired) electrons. The van der Waals surface area contributed by atoms with E-state index in [1.54, 1.807) is 6.26 Å². The van der Waals surface area contributed by atoms with Gasteiger partial charge in [0.15, 0.2) is 0 Å². The summed E-state index contributed by atoms with van der Waals surface area (Å²) in [6.45, 7) is 11.1. The fourth-order valence-corrected chi connectivity index (χ4v) is 2.77. The Morgan fingerprint density at radius 3 is 2.35 bits per heavy atom. The van der Waals surface area contributed by atoms with E-state index in [1.807, 2.05) is 13.1 Å². The van der Waals surface area contributed by atoms with Gasteiger partial charge in [0.1, 0.15) is 5.76 Å². The molecule has 17 heavy (non-hydrogen) atoms. The quantitative estimate of drug-likeness (QED) is 0.791. The molecule has 0 aliphatic carbocycles. The Labute approximate surface area is 105 Å². The molecule has 0 spiro atoms. The van der Waals surface area contributed by atoms with Crippen LogP contribution in [0.1, 0.15) is 45.9 Å². The molecule has 1 aromatic rings. The molecule has 1 N–H and O–H groups in total. The summed E-state index contributed by atoms with van der Waals surface area (Å²) in [7, 11) is 2.00. The van der Waals surface area contributed by atoms with Crippen LogP contribution in [-0.2, 0) is 0 Å². The van der Waals surface area contributed by atoms with Crippen LogP contribution in [0.15, 0.2) is 22.8 Å². The predicted molar refractivity (Wildman–Crippen MR) is 72.1 cm³/mol. The van der Waals surface area contributed by atoms with E-state index >= 15 is 0 Å². The van der Waals surface area contributed by atoms with Crippen molar-refractivity contribution < 1.29 is 4.42 Å². The van der Waals surface area contributed by atoms with Crippen LogP contribution in [0.5, 0.6) is 0 Å². The summed E-state index contributed by atoms with van der Waals surface area (Å²) in [6.07, 6.45) is 2.83. The van der Waals surface area contributed by atoms with Crippen molar-refractivity contribution in [2.45, 2.75) is 45.7 Å². The normalized spacial score (nSPS) is 17.1. The summed E-state index contributed by atoms with van der Waals surface area (Å²) < 4.78 is 5.58. The van der Waals surface area contributed by atoms with Crippen LogP contribution < -0.4 is 5.32 Å². The van der Waals surface area contributed by atoms with Crippen molar-refractivity contribution in [1.82, 2.24) is 10.2 Å². The van der Waals surface area contributed by atoms with Gasteiger partial charge in [0.05, 0.1) is 12.3 Å². The van der Waals surface area contributed by atoms with Crippen LogP contribution in [0.4, 0.5) is 0 Å². The third-order valence-corrected chi connectivity index (χ3v) is 3.94. The van der Waals surface area contributed by atoms with Crippen LogP contribution in [0.25, 0.3) is 0 Å². The zero-order chi connectivity index (χ0) is 12.9. The SMILES string of the molecule is CCN(CC)C(C)(CC)C(NC)c1ccco1. The van der Waals surface area contributed by atoms with Crippen molar-refractivity contribution >= 4 is 0 Å². The number of hydrogen-bond acceptors (Lipinski definition) is 3. The number of rotatable bonds is 7. The first-order valence-electron chi connectivity index (χ1n) is 6.59. The Kier molecular flexibility index (Phi) is 5.22. The maximum absolute atomic E-state index is 5.58. The summed E-state index contributed by atoms with van der Waals surface area (Å²) in [6, 6.07) is 4.23. The van der Waals surface area contributed by atoms with E-state index in [-0.39, 0.29) is 11.6 Å². The van der Waals surface area contributed by atoms with Crippen LogP contribution in [0.2, 0.25) is 0 Å². The molecule has 0 bridgehead atoms. The monoisotopic (exact) mass is 238 g/mol. The minimum atomic E-state index is 0.0795. The topological polar surface area (TPSA) is 28.4 Å². The molecule has 3 heteroatoms. The van der Waals surface area contributed by atoms with E-state index in [0.717, 1.165) is 25.3 Å². The smallest absolute Gasteiger partial charge is 0.122 e. The van der Waals surface area contributed by atoms with Crippen molar-refractivity contribution in [3.05, 3.63) is 24.2 Å². The highest BCUT2D eigenvalue weighted by Gasteiger charge is 2.38. The minimum absolute atomic E-state index is 0.0795. The van der Waals surface area contributed by atoms with Crippen LogP contribution in [0, 0.1) is 0 Å². The van der Waals surface area contributed by atoms with Gasteiger partial charge in [0.2, 0.25) is 0 Å². The lowest BCUT2D eigenvalue weighted by Crippen LogP contribution is -2.53. The summed E-state index contributed by atoms with van der Waals surface area (Å²) in [5.41, 5.74) is 0.0795. The highest BCUT2D eigenvalue weighted by molar-refractivity contribution is 5.12. The summed E-state index contributed by atoms with van der Waals surface area (Å²) >= 11 is 0. The predicted octanol–water partition coefficient (Wildman–Crippen LogP) is 3.05. The molecule has 1 heterocycles. The molecule has 0 saturated heterocycles. The van der Waals surface area contributed by atoms with Gasteiger partial charge in [-0.2, -0.15) is 0 Å². The number of nitrogens with one attached hydrogen (secondary N) is 1. The molecule has 0 saturated carbocycles. The van der Waals surface area contributed by atoms with E-state index in [0.29, 0.717) is 0 Å². The fourth-order valence-electron chi connectivity index (χ4n) is 2.77. The third-order valence-electron chi connectivity index (χ3n) is 3.94. The van der Waals surface area contributed by atoms with Crippen molar-refractivity contribution in [3.63, 3.8) is 0 Å². The maximum Gasteiger partial charge on any atom is 0.122 e. The standard InChI is InChI=1S/C14H26N2O/c1-6-14(4,16(7-2)8-3)13(15-5)12-10-9-11-17-12/h9-11,13,15H,6-8H2,1-5H3. The first-order valence-corrected chi connectivity index (χ1v) is 6.59. The molecule has 2 atom stereocenters. The maximum atomic E-state index is 5.58. The van der Waals surface area contributed by atoms with Crippen molar-refractivity contribution in [2.24, 2.45) is 0 Å². The van der Waals surface area contributed by atoms with Gasteiger partial charge in [-0.05, 0) is 45.6 Å². The lowest BCUT2D eigenvalue weighted by molar-refractivity contribution is 0.0644. The van der Waals surface area contributed by atoms with Gasteiger partial charge in [-0.25, -0.2) is 0 Å². The first kappa shape index (κ1) is 14.3. The summed E-state index contributed by atoms with van der Waals surface area (Å²) in [5.74, 6) is 1.02. The van der Waals surface area contributed by atoms with Crippen molar-refractivity contribution in [3.8, 4) is 0 Å². The lowest BCUT2D eigenvalue weighted by Gasteiger charge is -2.44. The number of nitrogens with zero attached hydrogens (tertiary/aromatic N) is 1. The molecule has 2 unspecified atom stereocenters. The second-order valence-electron chi connectivity index (χ2n) is 4.62. The molecule has 1 aromatic heterocycles. The Hall–Kier alpha value is -0.800. The van der Waals surface area contributed by atoms with Gasteiger partial charge >= 0.3 is 0 Å². The molecule has 3 nitrogen and oxygen atoms in total. The Morgan fingerprint density at radius 1 is 1.35 bits per heavy atom. The highest BCUT2D eigenvalue weighted by atomic mass is 16.3. The average molecular weight is 238 g/mol. The van der Waals surface area contributed by atoms with Crippen molar-refractivity contribution in [1.29, 1.82) is 0 Å². The Balaban J connectivity index is 3.04. The van der Waals surface area contributed by atoms with Crippen LogP contribution in [-0.4, -0.2) is 30.6 Å². The zero-order valence-electron chi connectivity index (χ0n) is 11.8. The van der Waals surface area contributed by atoms with Gasteiger partial charge in [0.25, 0.3) is 0 Å². The largest absolute Gasteiger partial charge is 0.468 e. The first-order chi connectivity index (χ1) is 8.13. The summed E-state index contributed by atoms with van der Waals surface area (Å²) in [5, 5.41) is 3.41. The van der Waals surface area contributed by atoms with Gasteiger partial charge < -0.3 is 9.73 Å². The molecular weight excluding hydrogens is 212 g/mol. The lowest BCUT2D eigenvalue weighted by atomic mass is 9.85. The molecule has 0 aliphatic heterocycles. The Morgan fingerprint density at radius 2 is 2.00 bits per heavy atom. The molecule has 0 amide bonds. The van der Waals surface area contributed by atoms with Gasteiger partial charge in [0, 0.05) is 5.54 Å². The second-order valence-corrected chi connectivity index (χ2v) is 4.62. The molecule has 98 valence electrons. The van der Waals surface area contributed by atoms with Gasteiger partial charge in [-0.15, -0.1) is 0 Å². The highest BCUT2D eigenvalue weighted by Crippen LogP contribution is 2.34. The number of hydrogen-bond donors (Lipinski definition) is 1. The molecular formula is C14H26N2O. The van der Waals surface area contributed by atoms with E-state index < -0.39 is 0 Å². The Bertz CT molecular complexity index is 306. The van der Waals surface area contributed by atoms with E-state index in [2.05, 4.69) is 44.0 Å². The van der Waals surface area contributed by atoms with E-state index in [1.165, 1.54) is 0 Å². The van der Waals surface area contributed by atoms with Gasteiger partial charge in [-0.3, -0.25) is 4.90 Å².